The molecule has 0 aliphatic rings. The van der Waals surface area contributed by atoms with Crippen molar-refractivity contribution >= 4 is 0 Å². The summed E-state index contributed by atoms with van der Waals surface area (Å²) in [5.74, 6) is -1.34. The quantitative estimate of drug-likeness (QED) is 0.478. The maximum Gasteiger partial charge on any atom is 0.419 e. The molecule has 0 saturated carbocycles. The fourth-order valence-corrected chi connectivity index (χ4v) is 0.745. The number of allylic oxidation sites excluding steroid dienone is 5. The molecule has 0 aromatic heterocycles. The van der Waals surface area contributed by atoms with Crippen molar-refractivity contribution in [2.75, 3.05) is 0 Å². The Bertz CT molecular complexity index is 268. The van der Waals surface area contributed by atoms with Gasteiger partial charge in [-0.15, -0.1) is 0 Å². The summed E-state index contributed by atoms with van der Waals surface area (Å²) in [4.78, 5) is 0. The highest BCUT2D eigenvalue weighted by Gasteiger charge is 2.34. The Morgan fingerprint density at radius 2 is 1.86 bits per heavy atom. The molecule has 4 heteroatoms. The summed E-state index contributed by atoms with van der Waals surface area (Å²) >= 11 is 0. The van der Waals surface area contributed by atoms with Crippen molar-refractivity contribution in [1.29, 1.82) is 0 Å². The first-order valence-corrected chi connectivity index (χ1v) is 4.09. The van der Waals surface area contributed by atoms with E-state index in [1.165, 1.54) is 6.92 Å². The molecule has 0 rings (SSSR count). The molecule has 0 bridgehead atoms. The van der Waals surface area contributed by atoms with Crippen molar-refractivity contribution in [3.8, 4) is 0 Å². The summed E-state index contributed by atoms with van der Waals surface area (Å²) < 4.78 is 49.6. The zero-order valence-electron chi connectivity index (χ0n) is 8.08. The Morgan fingerprint density at radius 1 is 1.36 bits per heavy atom. The SMILES string of the molecule is C=C/C(F)=C(\C=C(\C)CC)C(F)(F)F. The van der Waals surface area contributed by atoms with Gasteiger partial charge in [0.1, 0.15) is 5.83 Å². The van der Waals surface area contributed by atoms with Crippen molar-refractivity contribution < 1.29 is 17.6 Å². The van der Waals surface area contributed by atoms with Crippen molar-refractivity contribution in [3.05, 3.63) is 35.7 Å². The average molecular weight is 208 g/mol. The largest absolute Gasteiger partial charge is 0.419 e. The second kappa shape index (κ2) is 4.98. The molecule has 0 aliphatic heterocycles. The first kappa shape index (κ1) is 12.9. The molecule has 0 amide bonds. The molecule has 14 heavy (non-hydrogen) atoms. The van der Waals surface area contributed by atoms with Crippen molar-refractivity contribution in [2.45, 2.75) is 26.4 Å². The molecule has 0 aromatic rings. The Morgan fingerprint density at radius 3 is 2.14 bits per heavy atom. The smallest absolute Gasteiger partial charge is 0.206 e. The van der Waals surface area contributed by atoms with Gasteiger partial charge in [0.2, 0.25) is 0 Å². The van der Waals surface area contributed by atoms with Crippen LogP contribution in [0, 0.1) is 0 Å². The Balaban J connectivity index is 5.26. The summed E-state index contributed by atoms with van der Waals surface area (Å²) in [6, 6.07) is 0. The Labute approximate surface area is 80.6 Å². The highest BCUT2D eigenvalue weighted by Crippen LogP contribution is 2.31. The molecule has 0 heterocycles. The van der Waals surface area contributed by atoms with Crippen molar-refractivity contribution in [3.63, 3.8) is 0 Å². The molecule has 0 nitrogen and oxygen atoms in total. The monoisotopic (exact) mass is 208 g/mol. The van der Waals surface area contributed by atoms with Crippen LogP contribution in [-0.4, -0.2) is 6.18 Å². The minimum atomic E-state index is -4.67. The maximum absolute atomic E-state index is 12.8. The van der Waals surface area contributed by atoms with Crippen LogP contribution in [-0.2, 0) is 0 Å². The van der Waals surface area contributed by atoms with Crippen LogP contribution in [0.25, 0.3) is 0 Å². The predicted molar refractivity (Wildman–Crippen MR) is 48.4 cm³/mol. The van der Waals surface area contributed by atoms with Crippen LogP contribution in [0.5, 0.6) is 0 Å². The molecule has 0 radical (unpaired) electrons. The molecule has 0 unspecified atom stereocenters. The molecule has 0 atom stereocenters. The third kappa shape index (κ3) is 3.77. The molecule has 0 aliphatic carbocycles. The Kier molecular flexibility index (Phi) is 4.60. The van der Waals surface area contributed by atoms with Crippen LogP contribution < -0.4 is 0 Å². The second-order valence-electron chi connectivity index (χ2n) is 2.81. The van der Waals surface area contributed by atoms with Gasteiger partial charge in [0.05, 0.1) is 5.57 Å². The van der Waals surface area contributed by atoms with Crippen LogP contribution in [0.15, 0.2) is 35.7 Å². The van der Waals surface area contributed by atoms with Crippen molar-refractivity contribution in [2.24, 2.45) is 0 Å². The van der Waals surface area contributed by atoms with Gasteiger partial charge in [-0.2, -0.15) is 13.2 Å². The van der Waals surface area contributed by atoms with Gasteiger partial charge in [-0.1, -0.05) is 19.1 Å². The van der Waals surface area contributed by atoms with Gasteiger partial charge in [-0.3, -0.25) is 0 Å². The topological polar surface area (TPSA) is 0 Å². The molecule has 80 valence electrons. The van der Waals surface area contributed by atoms with E-state index in [4.69, 9.17) is 0 Å². The van der Waals surface area contributed by atoms with Gasteiger partial charge in [-0.25, -0.2) is 4.39 Å². The number of alkyl halides is 3. The number of hydrogen-bond acceptors (Lipinski definition) is 0. The third-order valence-corrected chi connectivity index (χ3v) is 1.69. The molecule has 0 N–H and O–H groups in total. The summed E-state index contributed by atoms with van der Waals surface area (Å²) in [5.41, 5.74) is -0.804. The minimum Gasteiger partial charge on any atom is -0.206 e. The number of rotatable bonds is 3. The van der Waals surface area contributed by atoms with Gasteiger partial charge in [0, 0.05) is 0 Å². The zero-order valence-corrected chi connectivity index (χ0v) is 8.08. The summed E-state index contributed by atoms with van der Waals surface area (Å²) in [5, 5.41) is 0. The third-order valence-electron chi connectivity index (χ3n) is 1.69. The van der Waals surface area contributed by atoms with Gasteiger partial charge in [0.15, 0.2) is 0 Å². The lowest BCUT2D eigenvalue weighted by Gasteiger charge is -2.09. The molecule has 0 saturated heterocycles. The molecular weight excluding hydrogens is 196 g/mol. The van der Waals surface area contributed by atoms with E-state index in [0.717, 1.165) is 6.08 Å². The summed E-state index contributed by atoms with van der Waals surface area (Å²) in [6.07, 6.45) is -2.86. The van der Waals surface area contributed by atoms with Crippen molar-refractivity contribution in [1.82, 2.24) is 0 Å². The standard InChI is InChI=1S/C10H12F4/c1-4-7(3)6-8(9(11)5-2)10(12,13)14/h5-6H,2,4H2,1,3H3/b7-6-,9-8-. The lowest BCUT2D eigenvalue weighted by molar-refractivity contribution is -0.0898. The summed E-state index contributed by atoms with van der Waals surface area (Å²) in [6.45, 7) is 6.18. The van der Waals surface area contributed by atoms with E-state index >= 15 is 0 Å². The van der Waals surface area contributed by atoms with Crippen LogP contribution in [0.4, 0.5) is 17.6 Å². The fraction of sp³-hybridized carbons (Fsp3) is 0.400. The van der Waals surface area contributed by atoms with E-state index in [0.29, 0.717) is 18.1 Å². The van der Waals surface area contributed by atoms with Gasteiger partial charge in [0.25, 0.3) is 0 Å². The first-order chi connectivity index (χ1) is 6.32. The number of hydrogen-bond donors (Lipinski definition) is 0. The van der Waals surface area contributed by atoms with Crippen LogP contribution >= 0.6 is 0 Å². The maximum atomic E-state index is 12.8. The van der Waals surface area contributed by atoms with E-state index < -0.39 is 17.6 Å². The van der Waals surface area contributed by atoms with Gasteiger partial charge < -0.3 is 0 Å². The molecule has 0 aromatic carbocycles. The highest BCUT2D eigenvalue weighted by molar-refractivity contribution is 5.33. The van der Waals surface area contributed by atoms with E-state index in [1.807, 2.05) is 0 Å². The molecular formula is C10H12F4. The van der Waals surface area contributed by atoms with Crippen LogP contribution in [0.2, 0.25) is 0 Å². The van der Waals surface area contributed by atoms with Crippen LogP contribution in [0.1, 0.15) is 20.3 Å². The first-order valence-electron chi connectivity index (χ1n) is 4.09. The highest BCUT2D eigenvalue weighted by atomic mass is 19.4. The van der Waals surface area contributed by atoms with Gasteiger partial charge >= 0.3 is 6.18 Å². The van der Waals surface area contributed by atoms with E-state index in [-0.39, 0.29) is 0 Å². The zero-order chi connectivity index (χ0) is 11.4. The van der Waals surface area contributed by atoms with E-state index in [2.05, 4.69) is 6.58 Å². The van der Waals surface area contributed by atoms with Crippen LogP contribution in [0.3, 0.4) is 0 Å². The minimum absolute atomic E-state index is 0.448. The van der Waals surface area contributed by atoms with Gasteiger partial charge in [-0.05, 0) is 25.5 Å². The van der Waals surface area contributed by atoms with E-state index in [9.17, 15) is 17.6 Å². The second-order valence-corrected chi connectivity index (χ2v) is 2.81. The average Bonchev–Trinajstić information content (AvgIpc) is 2.10. The number of halogens is 4. The summed E-state index contributed by atoms with van der Waals surface area (Å²) in [7, 11) is 0. The lowest BCUT2D eigenvalue weighted by atomic mass is 10.1. The normalized spacial score (nSPS) is 15.1. The predicted octanol–water partition coefficient (Wildman–Crippen LogP) is 4.31. The fourth-order valence-electron chi connectivity index (χ4n) is 0.745. The molecule has 0 fully saturated rings. The Hall–Kier alpha value is -1.06. The van der Waals surface area contributed by atoms with E-state index in [1.54, 1.807) is 6.92 Å². The lowest BCUT2D eigenvalue weighted by Crippen LogP contribution is -2.11. The molecule has 0 spiro atoms.